The largest absolute Gasteiger partial charge is 0.391 e. The first-order valence-electron chi connectivity index (χ1n) is 5.54. The molecule has 6 heteroatoms. The number of nitrogen functional groups attached to an aromatic ring is 1. The lowest BCUT2D eigenvalue weighted by Gasteiger charge is -2.36. The zero-order valence-corrected chi connectivity index (χ0v) is 9.15. The smallest absolute Gasteiger partial charge is 0.276 e. The van der Waals surface area contributed by atoms with Crippen LogP contribution < -0.4 is 21.9 Å². The molecular formula is C10H17N5O. The Kier molecular flexibility index (Phi) is 3.09. The minimum absolute atomic E-state index is 0.183. The van der Waals surface area contributed by atoms with E-state index in [-0.39, 0.29) is 17.3 Å². The van der Waals surface area contributed by atoms with Gasteiger partial charge in [-0.05, 0) is 19.3 Å². The molecule has 0 spiro atoms. The summed E-state index contributed by atoms with van der Waals surface area (Å²) in [7, 11) is 0. The zero-order valence-electron chi connectivity index (χ0n) is 9.15. The van der Waals surface area contributed by atoms with Crippen LogP contribution in [0.2, 0.25) is 0 Å². The Morgan fingerprint density at radius 2 is 2.38 bits per heavy atom. The molecule has 0 bridgehead atoms. The highest BCUT2D eigenvalue weighted by atomic mass is 16.1. The van der Waals surface area contributed by atoms with Gasteiger partial charge in [-0.1, -0.05) is 0 Å². The molecule has 1 unspecified atom stereocenters. The van der Waals surface area contributed by atoms with E-state index in [4.69, 9.17) is 11.5 Å². The summed E-state index contributed by atoms with van der Waals surface area (Å²) in [4.78, 5) is 20.1. The van der Waals surface area contributed by atoms with Crippen LogP contribution in [-0.4, -0.2) is 29.1 Å². The lowest BCUT2D eigenvalue weighted by molar-refractivity contribution is 0.462. The average molecular weight is 223 g/mol. The number of piperidine rings is 1. The van der Waals surface area contributed by atoms with Gasteiger partial charge >= 0.3 is 0 Å². The van der Waals surface area contributed by atoms with Crippen molar-refractivity contribution in [1.82, 2.24) is 9.97 Å². The molecule has 1 aromatic rings. The normalized spacial score (nSPS) is 21.1. The van der Waals surface area contributed by atoms with Crippen molar-refractivity contribution in [1.29, 1.82) is 0 Å². The van der Waals surface area contributed by atoms with Gasteiger partial charge in [0.25, 0.3) is 5.56 Å². The topological polar surface area (TPSA) is 101 Å². The van der Waals surface area contributed by atoms with Gasteiger partial charge in [-0.2, -0.15) is 0 Å². The van der Waals surface area contributed by atoms with E-state index in [1.54, 1.807) is 0 Å². The summed E-state index contributed by atoms with van der Waals surface area (Å²) >= 11 is 0. The molecule has 1 aromatic heterocycles. The van der Waals surface area contributed by atoms with Gasteiger partial charge in [0.15, 0.2) is 5.82 Å². The Balaban J connectivity index is 2.34. The van der Waals surface area contributed by atoms with Crippen LogP contribution in [0.4, 0.5) is 11.5 Å². The van der Waals surface area contributed by atoms with Crippen LogP contribution in [0.3, 0.4) is 0 Å². The molecule has 5 N–H and O–H groups in total. The highest BCUT2D eigenvalue weighted by Gasteiger charge is 2.24. The molecule has 1 fully saturated rings. The molecule has 2 heterocycles. The van der Waals surface area contributed by atoms with Crippen molar-refractivity contribution in [2.75, 3.05) is 23.7 Å². The van der Waals surface area contributed by atoms with E-state index in [1.165, 1.54) is 12.7 Å². The van der Waals surface area contributed by atoms with Crippen molar-refractivity contribution in [3.63, 3.8) is 0 Å². The minimum atomic E-state index is -0.286. The molecule has 0 saturated carbocycles. The SMILES string of the molecule is NCC1CCCCN1c1nc[nH]c(=O)c1N. The fourth-order valence-corrected chi connectivity index (χ4v) is 2.15. The van der Waals surface area contributed by atoms with Crippen molar-refractivity contribution >= 4 is 11.5 Å². The second-order valence-electron chi connectivity index (χ2n) is 4.05. The average Bonchev–Trinajstić information content (AvgIpc) is 2.33. The van der Waals surface area contributed by atoms with Crippen LogP contribution in [0.15, 0.2) is 11.1 Å². The molecule has 0 aromatic carbocycles. The lowest BCUT2D eigenvalue weighted by atomic mass is 10.0. The van der Waals surface area contributed by atoms with Gasteiger partial charge in [-0.3, -0.25) is 4.79 Å². The summed E-state index contributed by atoms with van der Waals surface area (Å²) in [6.07, 6.45) is 4.67. The molecule has 1 aliphatic rings. The molecule has 2 rings (SSSR count). The van der Waals surface area contributed by atoms with E-state index >= 15 is 0 Å². The number of nitrogens with zero attached hydrogens (tertiary/aromatic N) is 2. The maximum absolute atomic E-state index is 11.4. The Hall–Kier alpha value is -1.56. The first-order valence-corrected chi connectivity index (χ1v) is 5.54. The van der Waals surface area contributed by atoms with Gasteiger partial charge < -0.3 is 21.4 Å². The number of aromatic nitrogens is 2. The Morgan fingerprint density at radius 3 is 3.12 bits per heavy atom. The van der Waals surface area contributed by atoms with Crippen LogP contribution in [-0.2, 0) is 0 Å². The number of nitrogens with one attached hydrogen (secondary N) is 1. The van der Waals surface area contributed by atoms with E-state index in [0.29, 0.717) is 12.4 Å². The third-order valence-electron chi connectivity index (χ3n) is 3.04. The second-order valence-corrected chi connectivity index (χ2v) is 4.05. The van der Waals surface area contributed by atoms with Crippen LogP contribution in [0.5, 0.6) is 0 Å². The summed E-state index contributed by atoms with van der Waals surface area (Å²) in [5.41, 5.74) is 11.4. The molecule has 0 aliphatic carbocycles. The van der Waals surface area contributed by atoms with Gasteiger partial charge in [0.1, 0.15) is 5.69 Å². The Bertz CT molecular complexity index is 416. The molecule has 16 heavy (non-hydrogen) atoms. The highest BCUT2D eigenvalue weighted by Crippen LogP contribution is 2.24. The van der Waals surface area contributed by atoms with Crippen molar-refractivity contribution in [3.05, 3.63) is 16.7 Å². The molecule has 1 saturated heterocycles. The first kappa shape index (κ1) is 10.9. The number of hydrogen-bond donors (Lipinski definition) is 3. The van der Waals surface area contributed by atoms with Crippen LogP contribution in [0, 0.1) is 0 Å². The van der Waals surface area contributed by atoms with E-state index in [2.05, 4.69) is 9.97 Å². The number of hydrogen-bond acceptors (Lipinski definition) is 5. The second kappa shape index (κ2) is 4.52. The van der Waals surface area contributed by atoms with Gasteiger partial charge in [-0.25, -0.2) is 4.98 Å². The van der Waals surface area contributed by atoms with E-state index in [9.17, 15) is 4.79 Å². The van der Waals surface area contributed by atoms with Crippen LogP contribution >= 0.6 is 0 Å². The van der Waals surface area contributed by atoms with Gasteiger partial charge in [-0.15, -0.1) is 0 Å². The van der Waals surface area contributed by atoms with Crippen molar-refractivity contribution in [2.45, 2.75) is 25.3 Å². The van der Waals surface area contributed by atoms with Gasteiger partial charge in [0, 0.05) is 19.1 Å². The number of H-pyrrole nitrogens is 1. The summed E-state index contributed by atoms with van der Waals surface area (Å²) in [6, 6.07) is 0.241. The third kappa shape index (κ3) is 1.88. The molecule has 0 radical (unpaired) electrons. The maximum Gasteiger partial charge on any atom is 0.276 e. The summed E-state index contributed by atoms with van der Waals surface area (Å²) in [5, 5.41) is 0. The predicted molar refractivity (Wildman–Crippen MR) is 63.3 cm³/mol. The zero-order chi connectivity index (χ0) is 11.5. The monoisotopic (exact) mass is 223 g/mol. The summed E-state index contributed by atoms with van der Waals surface area (Å²) < 4.78 is 0. The van der Waals surface area contributed by atoms with E-state index in [1.807, 2.05) is 4.90 Å². The lowest BCUT2D eigenvalue weighted by Crippen LogP contribution is -2.45. The predicted octanol–water partition coefficient (Wildman–Crippen LogP) is -0.330. The van der Waals surface area contributed by atoms with E-state index in [0.717, 1.165) is 19.4 Å². The number of rotatable bonds is 2. The molecule has 0 amide bonds. The maximum atomic E-state index is 11.4. The summed E-state index contributed by atoms with van der Waals surface area (Å²) in [6.45, 7) is 1.43. The molecule has 6 nitrogen and oxygen atoms in total. The first-order chi connectivity index (χ1) is 7.74. The van der Waals surface area contributed by atoms with Gasteiger partial charge in [0.2, 0.25) is 0 Å². The highest BCUT2D eigenvalue weighted by molar-refractivity contribution is 5.61. The minimum Gasteiger partial charge on any atom is -0.391 e. The quantitative estimate of drug-likeness (QED) is 0.637. The molecule has 1 atom stereocenters. The third-order valence-corrected chi connectivity index (χ3v) is 3.04. The molecule has 1 aliphatic heterocycles. The standard InChI is InChI=1S/C10H17N5O/c11-5-7-3-1-2-4-15(7)9-8(12)10(16)14-6-13-9/h6-7H,1-5,11-12H2,(H,13,14,16). The number of aromatic amines is 1. The Morgan fingerprint density at radius 1 is 1.56 bits per heavy atom. The summed E-state index contributed by atoms with van der Waals surface area (Å²) in [5.74, 6) is 0.568. The van der Waals surface area contributed by atoms with Crippen LogP contribution in [0.1, 0.15) is 19.3 Å². The van der Waals surface area contributed by atoms with Crippen molar-refractivity contribution < 1.29 is 0 Å². The van der Waals surface area contributed by atoms with Crippen molar-refractivity contribution in [3.8, 4) is 0 Å². The fraction of sp³-hybridized carbons (Fsp3) is 0.600. The molecule has 88 valence electrons. The van der Waals surface area contributed by atoms with Gasteiger partial charge in [0.05, 0.1) is 6.33 Å². The van der Waals surface area contributed by atoms with Crippen LogP contribution in [0.25, 0.3) is 0 Å². The van der Waals surface area contributed by atoms with E-state index < -0.39 is 0 Å². The molecular weight excluding hydrogens is 206 g/mol. The van der Waals surface area contributed by atoms with Crippen molar-refractivity contribution in [2.24, 2.45) is 5.73 Å². The fourth-order valence-electron chi connectivity index (χ4n) is 2.15. The Labute approximate surface area is 93.7 Å². The number of nitrogens with two attached hydrogens (primary N) is 2. The number of anilines is 2.